The Kier molecular flexibility index (Phi) is 5.98. The van der Waals surface area contributed by atoms with Gasteiger partial charge in [0.05, 0.1) is 25.1 Å². The Labute approximate surface area is 144 Å². The third-order valence-corrected chi connectivity index (χ3v) is 4.09. The van der Waals surface area contributed by atoms with Crippen LogP contribution in [0.1, 0.15) is 24.1 Å². The zero-order valence-electron chi connectivity index (χ0n) is 13.3. The molecule has 0 saturated carbocycles. The minimum Gasteiger partial charge on any atom is -0.496 e. The van der Waals surface area contributed by atoms with Crippen molar-refractivity contribution in [3.05, 3.63) is 41.6 Å². The highest BCUT2D eigenvalue weighted by atomic mass is 32.2. The lowest BCUT2D eigenvalue weighted by Gasteiger charge is -2.17. The molecule has 0 aliphatic rings. The molecule has 8 heteroatoms. The van der Waals surface area contributed by atoms with Gasteiger partial charge in [-0.25, -0.2) is 9.97 Å². The van der Waals surface area contributed by atoms with E-state index in [-0.39, 0.29) is 29.1 Å². The van der Waals surface area contributed by atoms with Gasteiger partial charge in [-0.2, -0.15) is 5.26 Å². The summed E-state index contributed by atoms with van der Waals surface area (Å²) >= 11 is 1.15. The lowest BCUT2D eigenvalue weighted by atomic mass is 10.1. The van der Waals surface area contributed by atoms with E-state index in [1.54, 1.807) is 7.11 Å². The van der Waals surface area contributed by atoms with Gasteiger partial charge in [-0.15, -0.1) is 0 Å². The molecule has 1 atom stereocenters. The number of benzene rings is 1. The maximum Gasteiger partial charge on any atom is 0.230 e. The number of para-hydroxylation sites is 1. The molecule has 7 nitrogen and oxygen atoms in total. The van der Waals surface area contributed by atoms with E-state index in [0.29, 0.717) is 5.16 Å². The summed E-state index contributed by atoms with van der Waals surface area (Å²) in [6.45, 7) is 1.89. The Morgan fingerprint density at radius 2 is 2.25 bits per heavy atom. The van der Waals surface area contributed by atoms with E-state index in [4.69, 9.17) is 15.7 Å². The fourth-order valence-corrected chi connectivity index (χ4v) is 2.68. The third-order valence-electron chi connectivity index (χ3n) is 3.23. The van der Waals surface area contributed by atoms with E-state index in [1.165, 1.54) is 6.20 Å². The van der Waals surface area contributed by atoms with Gasteiger partial charge in [0.1, 0.15) is 23.2 Å². The van der Waals surface area contributed by atoms with E-state index in [1.807, 2.05) is 37.3 Å². The van der Waals surface area contributed by atoms with Crippen LogP contribution < -0.4 is 15.8 Å². The molecule has 1 heterocycles. The van der Waals surface area contributed by atoms with Crippen molar-refractivity contribution in [2.24, 2.45) is 0 Å². The van der Waals surface area contributed by atoms with Crippen LogP contribution in [0.5, 0.6) is 5.75 Å². The van der Waals surface area contributed by atoms with Crippen LogP contribution in [0.4, 0.5) is 5.82 Å². The van der Waals surface area contributed by atoms with Crippen molar-refractivity contribution >= 4 is 23.5 Å². The van der Waals surface area contributed by atoms with Crippen molar-refractivity contribution in [1.82, 2.24) is 15.3 Å². The fourth-order valence-electron chi connectivity index (χ4n) is 2.05. The zero-order valence-corrected chi connectivity index (χ0v) is 14.1. The number of carbonyl (C=O) groups excluding carboxylic acids is 1. The molecule has 0 fully saturated rings. The molecule has 0 saturated heterocycles. The molecule has 0 unspecified atom stereocenters. The Morgan fingerprint density at radius 3 is 2.92 bits per heavy atom. The van der Waals surface area contributed by atoms with Gasteiger partial charge >= 0.3 is 0 Å². The van der Waals surface area contributed by atoms with Gasteiger partial charge in [0.25, 0.3) is 0 Å². The van der Waals surface area contributed by atoms with Crippen molar-refractivity contribution in [1.29, 1.82) is 5.26 Å². The third kappa shape index (κ3) is 4.36. The van der Waals surface area contributed by atoms with Crippen LogP contribution in [0.2, 0.25) is 0 Å². The molecular formula is C16H17N5O2S. The number of carbonyl (C=O) groups is 1. The van der Waals surface area contributed by atoms with Gasteiger partial charge in [-0.1, -0.05) is 30.0 Å². The number of thioether (sulfide) groups is 1. The Hall–Kier alpha value is -2.79. The molecule has 2 rings (SSSR count). The molecule has 3 N–H and O–H groups in total. The predicted octanol–water partition coefficient (Wildman–Crippen LogP) is 1.91. The molecule has 1 aromatic carbocycles. The lowest BCUT2D eigenvalue weighted by Crippen LogP contribution is -2.28. The van der Waals surface area contributed by atoms with Crippen molar-refractivity contribution in [2.75, 3.05) is 18.6 Å². The molecule has 0 aliphatic heterocycles. The van der Waals surface area contributed by atoms with Gasteiger partial charge < -0.3 is 15.8 Å². The standard InChI is InChI=1S/C16H17N5O2S/c1-10(12-5-3-4-6-13(12)23-2)20-14(22)9-24-16-19-8-11(7-17)15(18)21-16/h3-6,8,10H,9H2,1-2H3,(H,20,22)(H2,18,19,21)/t10-/m1/s1. The maximum absolute atomic E-state index is 12.1. The number of nitrogens with one attached hydrogen (secondary N) is 1. The maximum atomic E-state index is 12.1. The van der Waals surface area contributed by atoms with E-state index < -0.39 is 0 Å². The minimum atomic E-state index is -0.193. The average Bonchev–Trinajstić information content (AvgIpc) is 2.60. The number of nitriles is 1. The molecule has 24 heavy (non-hydrogen) atoms. The quantitative estimate of drug-likeness (QED) is 0.608. The second-order valence-electron chi connectivity index (χ2n) is 4.88. The number of amides is 1. The largest absolute Gasteiger partial charge is 0.496 e. The number of hydrogen-bond acceptors (Lipinski definition) is 7. The molecule has 0 radical (unpaired) electrons. The molecule has 1 amide bonds. The van der Waals surface area contributed by atoms with Gasteiger partial charge in [0.2, 0.25) is 5.91 Å². The van der Waals surface area contributed by atoms with Crippen LogP contribution in [-0.4, -0.2) is 28.7 Å². The smallest absolute Gasteiger partial charge is 0.230 e. The van der Waals surface area contributed by atoms with Crippen LogP contribution in [0.3, 0.4) is 0 Å². The number of rotatable bonds is 6. The van der Waals surface area contributed by atoms with Crippen LogP contribution in [-0.2, 0) is 4.79 Å². The number of hydrogen-bond donors (Lipinski definition) is 2. The summed E-state index contributed by atoms with van der Waals surface area (Å²) in [6.07, 6.45) is 1.35. The van der Waals surface area contributed by atoms with E-state index in [9.17, 15) is 4.79 Å². The number of nitrogen functional groups attached to an aromatic ring is 1. The summed E-state index contributed by atoms with van der Waals surface area (Å²) in [4.78, 5) is 20.1. The Morgan fingerprint density at radius 1 is 1.50 bits per heavy atom. The lowest BCUT2D eigenvalue weighted by molar-refractivity contribution is -0.119. The minimum absolute atomic E-state index is 0.109. The van der Waals surface area contributed by atoms with Gasteiger partial charge in [-0.05, 0) is 13.0 Å². The first-order valence-electron chi connectivity index (χ1n) is 7.12. The molecular weight excluding hydrogens is 326 g/mol. The first-order valence-corrected chi connectivity index (χ1v) is 8.11. The summed E-state index contributed by atoms with van der Waals surface area (Å²) in [7, 11) is 1.59. The van der Waals surface area contributed by atoms with Crippen molar-refractivity contribution in [3.63, 3.8) is 0 Å². The first-order chi connectivity index (χ1) is 11.5. The highest BCUT2D eigenvalue weighted by molar-refractivity contribution is 7.99. The predicted molar refractivity (Wildman–Crippen MR) is 91.4 cm³/mol. The number of anilines is 1. The SMILES string of the molecule is COc1ccccc1[C@@H](C)NC(=O)CSc1ncc(C#N)c(N)n1. The van der Waals surface area contributed by atoms with Crippen molar-refractivity contribution < 1.29 is 9.53 Å². The number of aromatic nitrogens is 2. The van der Waals surface area contributed by atoms with E-state index in [0.717, 1.165) is 23.1 Å². The topological polar surface area (TPSA) is 114 Å². The van der Waals surface area contributed by atoms with Crippen LogP contribution in [0.25, 0.3) is 0 Å². The summed E-state index contributed by atoms with van der Waals surface area (Å²) in [6, 6.07) is 9.22. The normalized spacial score (nSPS) is 11.4. The number of nitrogens with two attached hydrogens (primary N) is 1. The Bertz CT molecular complexity index is 775. The Balaban J connectivity index is 1.93. The van der Waals surface area contributed by atoms with Gasteiger partial charge in [0.15, 0.2) is 5.16 Å². The van der Waals surface area contributed by atoms with Crippen molar-refractivity contribution in [2.45, 2.75) is 18.1 Å². The van der Waals surface area contributed by atoms with Crippen LogP contribution in [0, 0.1) is 11.3 Å². The highest BCUT2D eigenvalue weighted by Crippen LogP contribution is 2.24. The average molecular weight is 343 g/mol. The molecule has 0 aliphatic carbocycles. The number of nitrogens with zero attached hydrogens (tertiary/aromatic N) is 3. The fraction of sp³-hybridized carbons (Fsp3) is 0.250. The summed E-state index contributed by atoms with van der Waals surface area (Å²) in [5.41, 5.74) is 6.74. The number of ether oxygens (including phenoxy) is 1. The number of methoxy groups -OCH3 is 1. The molecule has 1 aromatic heterocycles. The zero-order chi connectivity index (χ0) is 17.5. The molecule has 0 spiro atoms. The first kappa shape index (κ1) is 17.6. The highest BCUT2D eigenvalue weighted by Gasteiger charge is 2.14. The van der Waals surface area contributed by atoms with Crippen LogP contribution >= 0.6 is 11.8 Å². The monoisotopic (exact) mass is 343 g/mol. The summed E-state index contributed by atoms with van der Waals surface area (Å²) in [5, 5.41) is 12.0. The van der Waals surface area contributed by atoms with Gasteiger partial charge in [-0.3, -0.25) is 4.79 Å². The summed E-state index contributed by atoms with van der Waals surface area (Å²) in [5.74, 6) is 0.814. The second-order valence-corrected chi connectivity index (χ2v) is 5.83. The molecule has 0 bridgehead atoms. The molecule has 2 aromatic rings. The van der Waals surface area contributed by atoms with E-state index >= 15 is 0 Å². The van der Waals surface area contributed by atoms with Crippen molar-refractivity contribution in [3.8, 4) is 11.8 Å². The van der Waals surface area contributed by atoms with Gasteiger partial charge in [0, 0.05) is 5.56 Å². The molecule has 124 valence electrons. The van der Waals surface area contributed by atoms with Crippen LogP contribution in [0.15, 0.2) is 35.6 Å². The summed E-state index contributed by atoms with van der Waals surface area (Å²) < 4.78 is 5.30. The van der Waals surface area contributed by atoms with E-state index in [2.05, 4.69) is 15.3 Å². The second kappa shape index (κ2) is 8.17.